The summed E-state index contributed by atoms with van der Waals surface area (Å²) in [6, 6.07) is 6.76. The lowest BCUT2D eigenvalue weighted by Crippen LogP contribution is -2.37. The van der Waals surface area contributed by atoms with Crippen molar-refractivity contribution in [2.75, 3.05) is 20.6 Å². The number of hydrogen-bond donors (Lipinski definition) is 1. The molecule has 0 aromatic heterocycles. The van der Waals surface area contributed by atoms with Crippen molar-refractivity contribution < 1.29 is 14.4 Å². The van der Waals surface area contributed by atoms with Gasteiger partial charge in [-0.2, -0.15) is 0 Å². The minimum absolute atomic E-state index is 0.133. The minimum atomic E-state index is -0.279. The largest absolute Gasteiger partial charge is 0.289 e. The van der Waals surface area contributed by atoms with Crippen LogP contribution in [0.15, 0.2) is 24.3 Å². The van der Waals surface area contributed by atoms with Crippen LogP contribution < -0.4 is 5.43 Å². The molecule has 0 saturated heterocycles. The van der Waals surface area contributed by atoms with Gasteiger partial charge in [0.05, 0.1) is 11.1 Å². The summed E-state index contributed by atoms with van der Waals surface area (Å²) in [5.41, 5.74) is 3.49. The number of hydrazine groups is 1. The van der Waals surface area contributed by atoms with Gasteiger partial charge in [-0.3, -0.25) is 24.7 Å². The number of amides is 3. The fourth-order valence-corrected chi connectivity index (χ4v) is 2.15. The predicted octanol–water partition coefficient (Wildman–Crippen LogP) is 0.656. The van der Waals surface area contributed by atoms with E-state index in [0.29, 0.717) is 17.5 Å². The Morgan fingerprint density at radius 1 is 1.15 bits per heavy atom. The zero-order chi connectivity index (χ0) is 14.7. The Kier molecular flexibility index (Phi) is 4.14. The van der Waals surface area contributed by atoms with Crippen LogP contribution in [0.4, 0.5) is 0 Å². The lowest BCUT2D eigenvalue weighted by Gasteiger charge is -2.15. The molecule has 6 heteroatoms. The van der Waals surface area contributed by atoms with Crippen molar-refractivity contribution in [1.29, 1.82) is 0 Å². The third kappa shape index (κ3) is 2.85. The number of benzene rings is 1. The van der Waals surface area contributed by atoms with Gasteiger partial charge in [0, 0.05) is 27.1 Å². The molecule has 0 atom stereocenters. The molecule has 0 spiro atoms. The van der Waals surface area contributed by atoms with Crippen LogP contribution in [0.2, 0.25) is 0 Å². The Morgan fingerprint density at radius 3 is 2.20 bits per heavy atom. The summed E-state index contributed by atoms with van der Waals surface area (Å²) in [5, 5.41) is 1.56. The van der Waals surface area contributed by atoms with Crippen LogP contribution in [0.3, 0.4) is 0 Å². The first kappa shape index (κ1) is 14.2. The molecule has 6 nitrogen and oxygen atoms in total. The first-order chi connectivity index (χ1) is 9.50. The second-order valence-corrected chi connectivity index (χ2v) is 4.84. The van der Waals surface area contributed by atoms with E-state index in [4.69, 9.17) is 0 Å². The van der Waals surface area contributed by atoms with Crippen LogP contribution in [0.25, 0.3) is 0 Å². The molecule has 1 aliphatic rings. The van der Waals surface area contributed by atoms with E-state index in [0.717, 1.165) is 0 Å². The Morgan fingerprint density at radius 2 is 1.70 bits per heavy atom. The van der Waals surface area contributed by atoms with Gasteiger partial charge < -0.3 is 0 Å². The van der Waals surface area contributed by atoms with Crippen molar-refractivity contribution >= 4 is 17.7 Å². The maximum atomic E-state index is 12.1. The maximum Gasteiger partial charge on any atom is 0.261 e. The van der Waals surface area contributed by atoms with Crippen molar-refractivity contribution in [3.63, 3.8) is 0 Å². The molecule has 20 heavy (non-hydrogen) atoms. The lowest BCUT2D eigenvalue weighted by atomic mass is 10.1. The second kappa shape index (κ2) is 5.83. The van der Waals surface area contributed by atoms with Gasteiger partial charge in [0.1, 0.15) is 0 Å². The fourth-order valence-electron chi connectivity index (χ4n) is 2.15. The number of rotatable bonds is 5. The quantitative estimate of drug-likeness (QED) is 0.633. The molecule has 0 aliphatic carbocycles. The van der Waals surface area contributed by atoms with Gasteiger partial charge in [0.25, 0.3) is 11.8 Å². The highest BCUT2D eigenvalue weighted by atomic mass is 16.2. The van der Waals surface area contributed by atoms with Crippen LogP contribution >= 0.6 is 0 Å². The second-order valence-electron chi connectivity index (χ2n) is 4.84. The summed E-state index contributed by atoms with van der Waals surface area (Å²) in [6.45, 7) is 0.257. The van der Waals surface area contributed by atoms with Crippen molar-refractivity contribution in [3.05, 3.63) is 35.4 Å². The number of fused-ring (bicyclic) bond motifs is 1. The third-order valence-electron chi connectivity index (χ3n) is 3.01. The maximum absolute atomic E-state index is 12.1. The molecule has 1 aromatic rings. The minimum Gasteiger partial charge on any atom is -0.289 e. The van der Waals surface area contributed by atoms with Crippen molar-refractivity contribution in [2.45, 2.75) is 12.8 Å². The number of nitrogens with one attached hydrogen (secondary N) is 1. The van der Waals surface area contributed by atoms with E-state index >= 15 is 0 Å². The molecule has 106 valence electrons. The summed E-state index contributed by atoms with van der Waals surface area (Å²) < 4.78 is 0. The number of carbonyl (C=O) groups is 3. The summed E-state index contributed by atoms with van der Waals surface area (Å²) in [4.78, 5) is 36.8. The van der Waals surface area contributed by atoms with Gasteiger partial charge in [0.2, 0.25) is 5.91 Å². The van der Waals surface area contributed by atoms with E-state index in [2.05, 4.69) is 5.43 Å². The third-order valence-corrected chi connectivity index (χ3v) is 3.01. The Balaban J connectivity index is 1.91. The van der Waals surface area contributed by atoms with Crippen LogP contribution in [-0.4, -0.2) is 48.3 Å². The zero-order valence-electron chi connectivity index (χ0n) is 11.5. The normalized spacial score (nSPS) is 13.8. The lowest BCUT2D eigenvalue weighted by molar-refractivity contribution is -0.124. The number of nitrogens with zero attached hydrogens (tertiary/aromatic N) is 2. The summed E-state index contributed by atoms with van der Waals surface area (Å²) >= 11 is 0. The Labute approximate surface area is 117 Å². The monoisotopic (exact) mass is 275 g/mol. The highest BCUT2D eigenvalue weighted by molar-refractivity contribution is 6.21. The van der Waals surface area contributed by atoms with Crippen LogP contribution in [0.1, 0.15) is 33.6 Å². The first-order valence-corrected chi connectivity index (χ1v) is 6.42. The van der Waals surface area contributed by atoms with Gasteiger partial charge in [-0.15, -0.1) is 0 Å². The topological polar surface area (TPSA) is 69.7 Å². The van der Waals surface area contributed by atoms with E-state index in [9.17, 15) is 14.4 Å². The van der Waals surface area contributed by atoms with E-state index < -0.39 is 0 Å². The number of hydrogen-bond acceptors (Lipinski definition) is 4. The highest BCUT2D eigenvalue weighted by Gasteiger charge is 2.34. The smallest absolute Gasteiger partial charge is 0.261 e. The number of imide groups is 1. The molecule has 3 amide bonds. The highest BCUT2D eigenvalue weighted by Crippen LogP contribution is 2.22. The van der Waals surface area contributed by atoms with E-state index in [1.165, 1.54) is 4.90 Å². The fraction of sp³-hybridized carbons (Fsp3) is 0.357. The molecule has 1 N–H and O–H groups in total. The summed E-state index contributed by atoms with van der Waals surface area (Å²) in [6.07, 6.45) is 0.719. The molecule has 1 heterocycles. The summed E-state index contributed by atoms with van der Waals surface area (Å²) in [7, 11) is 3.45. The van der Waals surface area contributed by atoms with Gasteiger partial charge in [0.15, 0.2) is 0 Å². The standard InChI is InChI=1S/C14H17N3O3/c1-16(2)15-12(18)8-5-9-17-13(19)10-6-3-4-7-11(10)14(17)20/h3-4,6-7H,5,8-9H2,1-2H3,(H,15,18). The molecular weight excluding hydrogens is 258 g/mol. The molecule has 0 saturated carbocycles. The van der Waals surface area contributed by atoms with E-state index in [-0.39, 0.29) is 30.7 Å². The van der Waals surface area contributed by atoms with Crippen LogP contribution in [-0.2, 0) is 4.79 Å². The SMILES string of the molecule is CN(C)NC(=O)CCCN1C(=O)c2ccccc2C1=O. The number of carbonyl (C=O) groups excluding carboxylic acids is 3. The first-order valence-electron chi connectivity index (χ1n) is 6.42. The molecule has 1 aliphatic heterocycles. The average Bonchev–Trinajstić information content (AvgIpc) is 2.63. The Bertz CT molecular complexity index is 519. The molecule has 0 unspecified atom stereocenters. The van der Waals surface area contributed by atoms with Crippen molar-refractivity contribution in [3.8, 4) is 0 Å². The van der Waals surface area contributed by atoms with Crippen LogP contribution in [0, 0.1) is 0 Å². The Hall–Kier alpha value is -2.21. The van der Waals surface area contributed by atoms with Crippen molar-refractivity contribution in [2.24, 2.45) is 0 Å². The summed E-state index contributed by atoms with van der Waals surface area (Å²) in [5.74, 6) is -0.691. The molecule has 0 radical (unpaired) electrons. The molecule has 1 aromatic carbocycles. The van der Waals surface area contributed by atoms with Crippen molar-refractivity contribution in [1.82, 2.24) is 15.3 Å². The van der Waals surface area contributed by atoms with Crippen LogP contribution in [0.5, 0.6) is 0 Å². The van der Waals surface area contributed by atoms with Gasteiger partial charge >= 0.3 is 0 Å². The molecular formula is C14H17N3O3. The molecule has 0 bridgehead atoms. The van der Waals surface area contributed by atoms with Gasteiger partial charge in [-0.05, 0) is 18.6 Å². The van der Waals surface area contributed by atoms with Gasteiger partial charge in [-0.1, -0.05) is 12.1 Å². The predicted molar refractivity (Wildman–Crippen MR) is 72.9 cm³/mol. The van der Waals surface area contributed by atoms with E-state index in [1.54, 1.807) is 43.4 Å². The zero-order valence-corrected chi connectivity index (χ0v) is 11.5. The molecule has 0 fully saturated rings. The molecule has 2 rings (SSSR count). The van der Waals surface area contributed by atoms with Gasteiger partial charge in [-0.25, -0.2) is 5.01 Å². The average molecular weight is 275 g/mol. The van der Waals surface area contributed by atoms with E-state index in [1.807, 2.05) is 0 Å².